The first-order chi connectivity index (χ1) is 16.0. The molecule has 1 aliphatic heterocycles. The first kappa shape index (κ1) is 20.6. The predicted molar refractivity (Wildman–Crippen MR) is 122 cm³/mol. The number of benzene rings is 4. The Kier molecular flexibility index (Phi) is 4.98. The number of fused-ring (bicyclic) bond motifs is 1. The zero-order valence-corrected chi connectivity index (χ0v) is 17.2. The molecule has 4 aromatic rings. The van der Waals surface area contributed by atoms with E-state index in [-0.39, 0.29) is 16.8 Å². The number of amides is 1. The van der Waals surface area contributed by atoms with E-state index in [9.17, 15) is 23.5 Å². The molecule has 0 spiro atoms. The van der Waals surface area contributed by atoms with Crippen molar-refractivity contribution >= 4 is 33.9 Å². The van der Waals surface area contributed by atoms with Crippen molar-refractivity contribution in [3.63, 3.8) is 0 Å². The number of rotatable bonds is 3. The maximum atomic E-state index is 14.9. The second kappa shape index (κ2) is 7.98. The van der Waals surface area contributed by atoms with Crippen molar-refractivity contribution in [3.8, 4) is 0 Å². The monoisotopic (exact) mass is 441 g/mol. The van der Waals surface area contributed by atoms with Gasteiger partial charge in [-0.1, -0.05) is 66.7 Å². The highest BCUT2D eigenvalue weighted by atomic mass is 19.1. The molecule has 0 bridgehead atoms. The molecule has 1 aliphatic rings. The maximum absolute atomic E-state index is 14.9. The van der Waals surface area contributed by atoms with Crippen molar-refractivity contribution in [2.75, 3.05) is 4.90 Å². The second-order valence-corrected chi connectivity index (χ2v) is 7.70. The van der Waals surface area contributed by atoms with Gasteiger partial charge in [0, 0.05) is 16.8 Å². The van der Waals surface area contributed by atoms with Gasteiger partial charge >= 0.3 is 0 Å². The molecule has 1 amide bonds. The minimum atomic E-state index is -1.27. The van der Waals surface area contributed by atoms with E-state index in [4.69, 9.17) is 0 Å². The van der Waals surface area contributed by atoms with Crippen LogP contribution in [0.15, 0.2) is 96.6 Å². The molecular formula is C27H17F2NO3. The van der Waals surface area contributed by atoms with Gasteiger partial charge in [0.1, 0.15) is 17.4 Å². The number of Topliss-reactive ketones (excluding diaryl/α,β-unsaturated/α-hetero) is 1. The molecule has 4 aromatic carbocycles. The molecule has 1 N–H and O–H groups in total. The summed E-state index contributed by atoms with van der Waals surface area (Å²) < 4.78 is 28.9. The number of carbonyl (C=O) groups is 2. The number of hydrogen-bond acceptors (Lipinski definition) is 3. The van der Waals surface area contributed by atoms with E-state index in [0.717, 1.165) is 16.4 Å². The van der Waals surface area contributed by atoms with Gasteiger partial charge in [-0.3, -0.25) is 14.5 Å². The van der Waals surface area contributed by atoms with Crippen LogP contribution in [0.5, 0.6) is 0 Å². The van der Waals surface area contributed by atoms with Crippen molar-refractivity contribution in [1.82, 2.24) is 0 Å². The third kappa shape index (κ3) is 3.36. The van der Waals surface area contributed by atoms with E-state index in [0.29, 0.717) is 10.9 Å². The molecule has 6 heteroatoms. The molecule has 0 radical (unpaired) electrons. The highest BCUT2D eigenvalue weighted by Crippen LogP contribution is 2.43. The van der Waals surface area contributed by atoms with Crippen LogP contribution in [0.1, 0.15) is 17.2 Å². The van der Waals surface area contributed by atoms with Crippen molar-refractivity contribution < 1.29 is 23.5 Å². The summed E-state index contributed by atoms with van der Waals surface area (Å²) in [6.07, 6.45) is 0. The van der Waals surface area contributed by atoms with Crippen molar-refractivity contribution in [2.24, 2.45) is 0 Å². The lowest BCUT2D eigenvalue weighted by atomic mass is 9.93. The minimum absolute atomic E-state index is 0.0164. The standard InChI is InChI=1S/C27H17F2NO3/c28-17-9-6-10-18(15-17)30-24(21-12-3-4-14-22(21)29)23(26(32)27(30)33)25(31)20-13-5-8-16-7-1-2-11-19(16)20/h1-15,24,31H/b25-23+. The Morgan fingerprint density at radius 3 is 2.30 bits per heavy atom. The Hall–Kier alpha value is -4.32. The van der Waals surface area contributed by atoms with E-state index in [1.807, 2.05) is 18.2 Å². The highest BCUT2D eigenvalue weighted by Gasteiger charge is 2.48. The Morgan fingerprint density at radius 2 is 1.52 bits per heavy atom. The number of anilines is 1. The minimum Gasteiger partial charge on any atom is -0.507 e. The molecule has 162 valence electrons. The average Bonchev–Trinajstić information content (AvgIpc) is 3.09. The molecule has 0 aliphatic carbocycles. The number of aliphatic hydroxyl groups excluding tert-OH is 1. The number of halogens is 2. The molecular weight excluding hydrogens is 424 g/mol. The van der Waals surface area contributed by atoms with Gasteiger partial charge in [-0.25, -0.2) is 8.78 Å². The van der Waals surface area contributed by atoms with Crippen LogP contribution < -0.4 is 4.90 Å². The van der Waals surface area contributed by atoms with Gasteiger partial charge in [-0.2, -0.15) is 0 Å². The summed E-state index contributed by atoms with van der Waals surface area (Å²) in [5.41, 5.74) is 0.183. The molecule has 1 saturated heterocycles. The molecule has 1 unspecified atom stereocenters. The summed E-state index contributed by atoms with van der Waals surface area (Å²) in [7, 11) is 0. The Bertz CT molecular complexity index is 1460. The fourth-order valence-electron chi connectivity index (χ4n) is 4.29. The number of nitrogens with zero attached hydrogens (tertiary/aromatic N) is 1. The van der Waals surface area contributed by atoms with Gasteiger partial charge in [-0.05, 0) is 35.0 Å². The third-order valence-corrected chi connectivity index (χ3v) is 5.78. The number of hydrogen-bond donors (Lipinski definition) is 1. The lowest BCUT2D eigenvalue weighted by Crippen LogP contribution is -2.30. The number of ketones is 1. The molecule has 0 saturated carbocycles. The van der Waals surface area contributed by atoms with E-state index in [1.165, 1.54) is 36.4 Å². The van der Waals surface area contributed by atoms with E-state index >= 15 is 0 Å². The van der Waals surface area contributed by atoms with Gasteiger partial charge in [0.15, 0.2) is 0 Å². The van der Waals surface area contributed by atoms with E-state index < -0.39 is 35.1 Å². The quantitative estimate of drug-likeness (QED) is 0.250. The van der Waals surface area contributed by atoms with Crippen LogP contribution >= 0.6 is 0 Å². The van der Waals surface area contributed by atoms with Crippen molar-refractivity contribution in [3.05, 3.63) is 119 Å². The highest BCUT2D eigenvalue weighted by molar-refractivity contribution is 6.51. The van der Waals surface area contributed by atoms with Gasteiger partial charge in [-0.15, -0.1) is 0 Å². The Balaban J connectivity index is 1.81. The SMILES string of the molecule is O=C1C(=O)N(c2cccc(F)c2)C(c2ccccc2F)/C1=C(\O)c1cccc2ccccc12. The zero-order chi connectivity index (χ0) is 23.1. The smallest absolute Gasteiger partial charge is 0.300 e. The first-order valence-electron chi connectivity index (χ1n) is 10.3. The van der Waals surface area contributed by atoms with Gasteiger partial charge in [0.2, 0.25) is 0 Å². The predicted octanol–water partition coefficient (Wildman–Crippen LogP) is 5.74. The summed E-state index contributed by atoms with van der Waals surface area (Å²) in [6, 6.07) is 22.1. The summed E-state index contributed by atoms with van der Waals surface area (Å²) >= 11 is 0. The topological polar surface area (TPSA) is 57.6 Å². The van der Waals surface area contributed by atoms with Crippen LogP contribution in [0.2, 0.25) is 0 Å². The molecule has 1 fully saturated rings. The molecule has 1 atom stereocenters. The summed E-state index contributed by atoms with van der Waals surface area (Å²) in [5.74, 6) is -3.64. The molecule has 4 nitrogen and oxygen atoms in total. The summed E-state index contributed by atoms with van der Waals surface area (Å²) in [6.45, 7) is 0. The fourth-order valence-corrected chi connectivity index (χ4v) is 4.29. The molecule has 0 aromatic heterocycles. The summed E-state index contributed by atoms with van der Waals surface area (Å²) in [4.78, 5) is 27.3. The van der Waals surface area contributed by atoms with Crippen LogP contribution in [0.3, 0.4) is 0 Å². The normalized spacial score (nSPS) is 17.6. The maximum Gasteiger partial charge on any atom is 0.300 e. The second-order valence-electron chi connectivity index (χ2n) is 7.70. The number of aliphatic hydroxyl groups is 1. The zero-order valence-electron chi connectivity index (χ0n) is 17.2. The van der Waals surface area contributed by atoms with Crippen molar-refractivity contribution in [2.45, 2.75) is 6.04 Å². The van der Waals surface area contributed by atoms with Crippen LogP contribution in [0.25, 0.3) is 16.5 Å². The molecule has 1 heterocycles. The fraction of sp³-hybridized carbons (Fsp3) is 0.0370. The molecule has 33 heavy (non-hydrogen) atoms. The van der Waals surface area contributed by atoms with Crippen molar-refractivity contribution in [1.29, 1.82) is 0 Å². The summed E-state index contributed by atoms with van der Waals surface area (Å²) in [5, 5.41) is 12.8. The largest absolute Gasteiger partial charge is 0.507 e. The lowest BCUT2D eigenvalue weighted by Gasteiger charge is -2.25. The van der Waals surface area contributed by atoms with Gasteiger partial charge in [0.05, 0.1) is 11.6 Å². The third-order valence-electron chi connectivity index (χ3n) is 5.78. The first-order valence-corrected chi connectivity index (χ1v) is 10.3. The Morgan fingerprint density at radius 1 is 0.818 bits per heavy atom. The molecule has 5 rings (SSSR count). The van der Waals surface area contributed by atoms with E-state index in [2.05, 4.69) is 0 Å². The Labute approximate surface area is 188 Å². The van der Waals surface area contributed by atoms with Crippen LogP contribution in [0, 0.1) is 11.6 Å². The average molecular weight is 441 g/mol. The van der Waals surface area contributed by atoms with Gasteiger partial charge in [0.25, 0.3) is 11.7 Å². The van der Waals surface area contributed by atoms with Crippen LogP contribution in [-0.4, -0.2) is 16.8 Å². The van der Waals surface area contributed by atoms with E-state index in [1.54, 1.807) is 30.3 Å². The lowest BCUT2D eigenvalue weighted by molar-refractivity contribution is -0.132. The number of carbonyl (C=O) groups excluding carboxylic acids is 2. The van der Waals surface area contributed by atoms with Crippen LogP contribution in [0.4, 0.5) is 14.5 Å². The van der Waals surface area contributed by atoms with Crippen LogP contribution in [-0.2, 0) is 9.59 Å². The van der Waals surface area contributed by atoms with Gasteiger partial charge < -0.3 is 5.11 Å².